The molecule has 0 spiro atoms. The van der Waals surface area contributed by atoms with Crippen molar-refractivity contribution in [2.75, 3.05) is 39.5 Å². The molecule has 1 aromatic heterocycles. The predicted molar refractivity (Wildman–Crippen MR) is 131 cm³/mol. The third-order valence-corrected chi connectivity index (χ3v) is 8.71. The first-order valence-corrected chi connectivity index (χ1v) is 13.9. The van der Waals surface area contributed by atoms with E-state index in [0.717, 1.165) is 22.7 Å². The summed E-state index contributed by atoms with van der Waals surface area (Å²) in [6.07, 6.45) is 0.805. The Kier molecular flexibility index (Phi) is 8.26. The molecule has 1 fully saturated rings. The molecule has 4 rings (SSSR count). The highest BCUT2D eigenvalue weighted by atomic mass is 32.2. The standard InChI is InChI=1S/C24H30FN3O4S2/c1-3-31-12-4-9-28-23-8-7-20(34(29,30)27-10-13-32-14-11-27)16-22(23)26-24(28)33-17-19-6-5-18(2)21(25)15-19/h5-8,15-16H,3-4,9-14,17H2,1-2H3. The Hall–Kier alpha value is -1.98. The molecule has 0 aliphatic carbocycles. The number of ether oxygens (including phenoxy) is 2. The van der Waals surface area contributed by atoms with Crippen LogP contribution < -0.4 is 0 Å². The lowest BCUT2D eigenvalue weighted by molar-refractivity contribution is 0.0730. The lowest BCUT2D eigenvalue weighted by atomic mass is 10.2. The molecule has 0 radical (unpaired) electrons. The van der Waals surface area contributed by atoms with Crippen molar-refractivity contribution in [3.63, 3.8) is 0 Å². The molecule has 2 aromatic carbocycles. The normalized spacial score (nSPS) is 15.3. The van der Waals surface area contributed by atoms with E-state index in [0.29, 0.717) is 62.9 Å². The van der Waals surface area contributed by atoms with Crippen LogP contribution in [0.5, 0.6) is 0 Å². The van der Waals surface area contributed by atoms with Crippen molar-refractivity contribution in [3.05, 3.63) is 53.3 Å². The second-order valence-electron chi connectivity index (χ2n) is 8.14. The third kappa shape index (κ3) is 5.63. The molecule has 1 saturated heterocycles. The summed E-state index contributed by atoms with van der Waals surface area (Å²) in [7, 11) is -3.61. The maximum absolute atomic E-state index is 14.0. The van der Waals surface area contributed by atoms with Gasteiger partial charge in [-0.05, 0) is 55.7 Å². The summed E-state index contributed by atoms with van der Waals surface area (Å²) in [6, 6.07) is 10.4. The van der Waals surface area contributed by atoms with Gasteiger partial charge in [-0.3, -0.25) is 0 Å². The first-order chi connectivity index (χ1) is 16.4. The van der Waals surface area contributed by atoms with Crippen molar-refractivity contribution in [2.24, 2.45) is 0 Å². The highest BCUT2D eigenvalue weighted by molar-refractivity contribution is 7.98. The number of rotatable bonds is 10. The summed E-state index contributed by atoms with van der Waals surface area (Å²) in [6.45, 7) is 7.18. The number of morpholine rings is 1. The lowest BCUT2D eigenvalue weighted by Crippen LogP contribution is -2.40. The Morgan fingerprint density at radius 3 is 2.71 bits per heavy atom. The highest BCUT2D eigenvalue weighted by Crippen LogP contribution is 2.30. The Bertz CT molecular complexity index is 1240. The summed E-state index contributed by atoms with van der Waals surface area (Å²) in [5.41, 5.74) is 2.99. The maximum Gasteiger partial charge on any atom is 0.243 e. The average molecular weight is 508 g/mol. The number of aryl methyl sites for hydroxylation is 2. The zero-order valence-electron chi connectivity index (χ0n) is 19.5. The highest BCUT2D eigenvalue weighted by Gasteiger charge is 2.27. The third-order valence-electron chi connectivity index (χ3n) is 5.77. The van der Waals surface area contributed by atoms with Crippen molar-refractivity contribution in [3.8, 4) is 0 Å². The van der Waals surface area contributed by atoms with E-state index in [2.05, 4.69) is 4.57 Å². The number of fused-ring (bicyclic) bond motifs is 1. The molecule has 3 aromatic rings. The number of thioether (sulfide) groups is 1. The molecule has 0 unspecified atom stereocenters. The van der Waals surface area contributed by atoms with E-state index in [1.165, 1.54) is 16.1 Å². The van der Waals surface area contributed by atoms with Crippen LogP contribution in [0.2, 0.25) is 0 Å². The van der Waals surface area contributed by atoms with Gasteiger partial charge in [-0.25, -0.2) is 17.8 Å². The van der Waals surface area contributed by atoms with Gasteiger partial charge in [0.05, 0.1) is 29.1 Å². The fourth-order valence-electron chi connectivity index (χ4n) is 3.85. The Labute approximate surface area is 204 Å². The number of imidazole rings is 1. The van der Waals surface area contributed by atoms with Crippen molar-refractivity contribution in [1.82, 2.24) is 13.9 Å². The SMILES string of the molecule is CCOCCCn1c(SCc2ccc(C)c(F)c2)nc2cc(S(=O)(=O)N3CCOCC3)ccc21. The molecule has 1 aliphatic heterocycles. The van der Waals surface area contributed by atoms with Crippen LogP contribution in [0.4, 0.5) is 4.39 Å². The van der Waals surface area contributed by atoms with Crippen molar-refractivity contribution in [1.29, 1.82) is 0 Å². The first kappa shape index (κ1) is 25.1. The van der Waals surface area contributed by atoms with E-state index in [9.17, 15) is 12.8 Å². The number of halogens is 1. The van der Waals surface area contributed by atoms with Crippen LogP contribution in [-0.4, -0.2) is 61.8 Å². The largest absolute Gasteiger partial charge is 0.382 e. The van der Waals surface area contributed by atoms with Gasteiger partial charge in [0.25, 0.3) is 0 Å². The predicted octanol–water partition coefficient (Wildman–Crippen LogP) is 4.22. The van der Waals surface area contributed by atoms with Crippen LogP contribution in [0.25, 0.3) is 11.0 Å². The maximum atomic E-state index is 14.0. The van der Waals surface area contributed by atoms with E-state index in [-0.39, 0.29) is 10.7 Å². The summed E-state index contributed by atoms with van der Waals surface area (Å²) in [5, 5.41) is 0.772. The Morgan fingerprint density at radius 1 is 1.18 bits per heavy atom. The number of nitrogens with zero attached hydrogens (tertiary/aromatic N) is 3. The summed E-state index contributed by atoms with van der Waals surface area (Å²) >= 11 is 1.51. The van der Waals surface area contributed by atoms with E-state index < -0.39 is 10.0 Å². The molecule has 0 atom stereocenters. The van der Waals surface area contributed by atoms with Crippen LogP contribution in [-0.2, 0) is 31.8 Å². The smallest absolute Gasteiger partial charge is 0.243 e. The summed E-state index contributed by atoms with van der Waals surface area (Å²) in [5.74, 6) is 0.339. The van der Waals surface area contributed by atoms with E-state index in [1.54, 1.807) is 31.2 Å². The van der Waals surface area contributed by atoms with Gasteiger partial charge in [0.2, 0.25) is 10.0 Å². The molecule has 0 N–H and O–H groups in total. The molecular formula is C24H30FN3O4S2. The van der Waals surface area contributed by atoms with Crippen molar-refractivity contribution in [2.45, 2.75) is 42.6 Å². The van der Waals surface area contributed by atoms with Gasteiger partial charge >= 0.3 is 0 Å². The first-order valence-electron chi connectivity index (χ1n) is 11.4. The number of hydrogen-bond donors (Lipinski definition) is 0. The fraction of sp³-hybridized carbons (Fsp3) is 0.458. The molecule has 10 heteroatoms. The number of benzene rings is 2. The van der Waals surface area contributed by atoms with Crippen LogP contribution >= 0.6 is 11.8 Å². The molecular weight excluding hydrogens is 477 g/mol. The minimum absolute atomic E-state index is 0.221. The van der Waals surface area contributed by atoms with Gasteiger partial charge in [0.15, 0.2) is 5.16 Å². The van der Waals surface area contributed by atoms with Gasteiger partial charge in [-0.2, -0.15) is 4.31 Å². The molecule has 7 nitrogen and oxygen atoms in total. The molecule has 184 valence electrons. The van der Waals surface area contributed by atoms with Crippen LogP contribution in [0.1, 0.15) is 24.5 Å². The number of aromatic nitrogens is 2. The van der Waals surface area contributed by atoms with Gasteiger partial charge in [-0.1, -0.05) is 23.9 Å². The van der Waals surface area contributed by atoms with Crippen LogP contribution in [0.15, 0.2) is 46.5 Å². The zero-order valence-corrected chi connectivity index (χ0v) is 21.1. The van der Waals surface area contributed by atoms with Gasteiger partial charge in [-0.15, -0.1) is 0 Å². The molecule has 0 bridgehead atoms. The molecule has 0 saturated carbocycles. The van der Waals surface area contributed by atoms with E-state index in [1.807, 2.05) is 19.1 Å². The average Bonchev–Trinajstić information content (AvgIpc) is 3.19. The topological polar surface area (TPSA) is 73.7 Å². The number of hydrogen-bond acceptors (Lipinski definition) is 6. The van der Waals surface area contributed by atoms with Crippen LogP contribution in [0, 0.1) is 12.7 Å². The van der Waals surface area contributed by atoms with E-state index >= 15 is 0 Å². The Morgan fingerprint density at radius 2 is 1.97 bits per heavy atom. The quantitative estimate of drug-likeness (QED) is 0.302. The minimum Gasteiger partial charge on any atom is -0.382 e. The minimum atomic E-state index is -3.61. The fourth-order valence-corrected chi connectivity index (χ4v) is 6.27. The second kappa shape index (κ2) is 11.2. The summed E-state index contributed by atoms with van der Waals surface area (Å²) in [4.78, 5) is 5.00. The van der Waals surface area contributed by atoms with Crippen LogP contribution in [0.3, 0.4) is 0 Å². The van der Waals surface area contributed by atoms with Gasteiger partial charge in [0, 0.05) is 38.6 Å². The van der Waals surface area contributed by atoms with Crippen molar-refractivity contribution >= 4 is 32.8 Å². The van der Waals surface area contributed by atoms with Gasteiger partial charge < -0.3 is 14.0 Å². The lowest BCUT2D eigenvalue weighted by Gasteiger charge is -2.26. The number of sulfonamides is 1. The molecule has 2 heterocycles. The molecule has 0 amide bonds. The van der Waals surface area contributed by atoms with Gasteiger partial charge in [0.1, 0.15) is 5.82 Å². The monoisotopic (exact) mass is 507 g/mol. The zero-order chi connectivity index (χ0) is 24.1. The second-order valence-corrected chi connectivity index (χ2v) is 11.0. The van der Waals surface area contributed by atoms with E-state index in [4.69, 9.17) is 14.5 Å². The molecule has 34 heavy (non-hydrogen) atoms. The Balaban J connectivity index is 1.62. The summed E-state index contributed by atoms with van der Waals surface area (Å²) < 4.78 is 54.6. The molecule has 1 aliphatic rings. The van der Waals surface area contributed by atoms with Crippen molar-refractivity contribution < 1.29 is 22.3 Å².